The van der Waals surface area contributed by atoms with Crippen LogP contribution < -0.4 is 0 Å². The number of halogens is 3. The number of likely N-dealkylation sites (tertiary alicyclic amines) is 1. The Bertz CT molecular complexity index is 984. The second-order valence-electron chi connectivity index (χ2n) is 8.19. The standard InChI is InChI=1S/C21H26N2O3.C2HF3O2/c1-2-25-15-21-9-4-12-26-19(21)8-11-23(14-21)20(24)17-6-7-18-16(13-17)5-3-10-22-18;3-2(4,5)1(6)7/h3,5-7,10,13,19H,2,4,8-9,11-12,14-15H2,1H3;(H,6,7). The number of pyridine rings is 1. The van der Waals surface area contributed by atoms with Gasteiger partial charge in [0.1, 0.15) is 0 Å². The molecule has 3 heterocycles. The van der Waals surface area contributed by atoms with Crippen LogP contribution in [0, 0.1) is 5.41 Å². The fraction of sp³-hybridized carbons (Fsp3) is 0.522. The third-order valence-electron chi connectivity index (χ3n) is 5.96. The first-order valence-electron chi connectivity index (χ1n) is 10.8. The first-order valence-corrected chi connectivity index (χ1v) is 10.8. The minimum atomic E-state index is -5.08. The summed E-state index contributed by atoms with van der Waals surface area (Å²) in [6.45, 7) is 5.65. The molecule has 2 saturated heterocycles. The quantitative estimate of drug-likeness (QED) is 0.732. The number of ether oxygens (including phenoxy) is 2. The SMILES string of the molecule is CCOCC12CCCOC1CCN(C(=O)c1ccc3ncccc3c1)C2.O=C(O)C(F)(F)F. The molecule has 180 valence electrons. The lowest BCUT2D eigenvalue weighted by atomic mass is 9.73. The van der Waals surface area contributed by atoms with Crippen molar-refractivity contribution < 1.29 is 37.3 Å². The molecule has 2 aromatic rings. The zero-order chi connectivity index (χ0) is 24.1. The Kier molecular flexibility index (Phi) is 7.91. The second kappa shape index (κ2) is 10.5. The number of hydrogen-bond donors (Lipinski definition) is 1. The summed E-state index contributed by atoms with van der Waals surface area (Å²) in [5.74, 6) is -2.66. The Labute approximate surface area is 189 Å². The van der Waals surface area contributed by atoms with Gasteiger partial charge in [0.15, 0.2) is 0 Å². The largest absolute Gasteiger partial charge is 0.490 e. The molecule has 0 aliphatic carbocycles. The Morgan fingerprint density at radius 1 is 1.33 bits per heavy atom. The summed E-state index contributed by atoms with van der Waals surface area (Å²) < 4.78 is 43.6. The fourth-order valence-corrected chi connectivity index (χ4v) is 4.37. The van der Waals surface area contributed by atoms with E-state index >= 15 is 0 Å². The number of nitrogens with zero attached hydrogens (tertiary/aromatic N) is 2. The van der Waals surface area contributed by atoms with Gasteiger partial charge in [0.05, 0.1) is 18.2 Å². The van der Waals surface area contributed by atoms with Gasteiger partial charge in [0, 0.05) is 48.9 Å². The van der Waals surface area contributed by atoms with Gasteiger partial charge in [-0.25, -0.2) is 4.79 Å². The van der Waals surface area contributed by atoms with E-state index in [0.717, 1.165) is 48.9 Å². The van der Waals surface area contributed by atoms with Gasteiger partial charge < -0.3 is 19.5 Å². The van der Waals surface area contributed by atoms with Crippen LogP contribution in [0.5, 0.6) is 0 Å². The number of carboxylic acid groups (broad SMARTS) is 1. The number of aliphatic carboxylic acids is 1. The van der Waals surface area contributed by atoms with Crippen LogP contribution in [0.15, 0.2) is 36.5 Å². The van der Waals surface area contributed by atoms with Gasteiger partial charge in [-0.05, 0) is 50.5 Å². The molecule has 2 atom stereocenters. The molecular weight excluding hydrogens is 441 g/mol. The van der Waals surface area contributed by atoms with E-state index in [9.17, 15) is 18.0 Å². The van der Waals surface area contributed by atoms with E-state index in [-0.39, 0.29) is 17.4 Å². The number of carboxylic acids is 1. The highest BCUT2D eigenvalue weighted by Crippen LogP contribution is 2.40. The van der Waals surface area contributed by atoms with Crippen molar-refractivity contribution in [3.8, 4) is 0 Å². The maximum absolute atomic E-state index is 13.2. The normalized spacial score (nSPS) is 22.8. The molecule has 2 aliphatic rings. The van der Waals surface area contributed by atoms with Crippen molar-refractivity contribution in [3.63, 3.8) is 0 Å². The van der Waals surface area contributed by atoms with E-state index < -0.39 is 12.1 Å². The Balaban J connectivity index is 0.000000383. The number of aromatic nitrogens is 1. The molecule has 1 amide bonds. The third-order valence-corrected chi connectivity index (χ3v) is 5.96. The molecule has 33 heavy (non-hydrogen) atoms. The zero-order valence-corrected chi connectivity index (χ0v) is 18.3. The lowest BCUT2D eigenvalue weighted by molar-refractivity contribution is -0.192. The lowest BCUT2D eigenvalue weighted by Crippen LogP contribution is -2.58. The Hall–Kier alpha value is -2.72. The summed E-state index contributed by atoms with van der Waals surface area (Å²) in [6, 6.07) is 9.66. The van der Waals surface area contributed by atoms with E-state index in [4.69, 9.17) is 19.4 Å². The number of amides is 1. The summed E-state index contributed by atoms with van der Waals surface area (Å²) in [4.78, 5) is 28.4. The third kappa shape index (κ3) is 6.00. The number of alkyl halides is 3. The monoisotopic (exact) mass is 468 g/mol. The minimum absolute atomic E-state index is 0.0689. The van der Waals surface area contributed by atoms with Crippen molar-refractivity contribution in [3.05, 3.63) is 42.1 Å². The number of fused-ring (bicyclic) bond motifs is 2. The predicted molar refractivity (Wildman–Crippen MR) is 114 cm³/mol. The van der Waals surface area contributed by atoms with Crippen LogP contribution in [0.4, 0.5) is 13.2 Å². The van der Waals surface area contributed by atoms with E-state index in [1.165, 1.54) is 0 Å². The summed E-state index contributed by atoms with van der Waals surface area (Å²) in [5.41, 5.74) is 1.57. The number of carbonyl (C=O) groups excluding carboxylic acids is 1. The number of carbonyl (C=O) groups is 2. The molecule has 7 nitrogen and oxygen atoms in total. The summed E-state index contributed by atoms with van der Waals surface area (Å²) in [6.07, 6.45) is -0.132. The van der Waals surface area contributed by atoms with Gasteiger partial charge in [0.25, 0.3) is 5.91 Å². The number of rotatable bonds is 4. The van der Waals surface area contributed by atoms with Crippen molar-refractivity contribution in [1.82, 2.24) is 9.88 Å². The highest BCUT2D eigenvalue weighted by atomic mass is 19.4. The van der Waals surface area contributed by atoms with E-state index in [1.54, 1.807) is 6.20 Å². The van der Waals surface area contributed by atoms with E-state index in [2.05, 4.69) is 4.98 Å². The maximum atomic E-state index is 13.2. The molecule has 1 aromatic heterocycles. The van der Waals surface area contributed by atoms with Crippen LogP contribution in [0.3, 0.4) is 0 Å². The van der Waals surface area contributed by atoms with Crippen molar-refractivity contribution in [2.24, 2.45) is 5.41 Å². The van der Waals surface area contributed by atoms with Gasteiger partial charge >= 0.3 is 12.1 Å². The van der Waals surface area contributed by atoms with Gasteiger partial charge in [-0.2, -0.15) is 13.2 Å². The zero-order valence-electron chi connectivity index (χ0n) is 18.3. The predicted octanol–water partition coefficient (Wildman–Crippen LogP) is 3.92. The van der Waals surface area contributed by atoms with Crippen LogP contribution >= 0.6 is 0 Å². The van der Waals surface area contributed by atoms with Crippen LogP contribution in [0.25, 0.3) is 10.9 Å². The van der Waals surface area contributed by atoms with Crippen molar-refractivity contribution >= 4 is 22.8 Å². The first kappa shape index (κ1) is 24.9. The molecule has 2 aliphatic heterocycles. The first-order chi connectivity index (χ1) is 15.7. The highest BCUT2D eigenvalue weighted by Gasteiger charge is 2.47. The average Bonchev–Trinajstić information content (AvgIpc) is 2.81. The van der Waals surface area contributed by atoms with Gasteiger partial charge in [-0.1, -0.05) is 6.07 Å². The van der Waals surface area contributed by atoms with Crippen LogP contribution in [-0.4, -0.2) is 72.1 Å². The molecule has 2 unspecified atom stereocenters. The molecule has 4 rings (SSSR count). The molecule has 1 aromatic carbocycles. The van der Waals surface area contributed by atoms with Gasteiger partial charge in [-0.15, -0.1) is 0 Å². The van der Waals surface area contributed by atoms with Crippen molar-refractivity contribution in [2.75, 3.05) is 32.9 Å². The number of piperidine rings is 1. The smallest absolute Gasteiger partial charge is 0.475 e. The summed E-state index contributed by atoms with van der Waals surface area (Å²) in [7, 11) is 0. The average molecular weight is 468 g/mol. The minimum Gasteiger partial charge on any atom is -0.475 e. The Morgan fingerprint density at radius 3 is 2.79 bits per heavy atom. The van der Waals surface area contributed by atoms with E-state index in [1.807, 2.05) is 42.2 Å². The molecule has 0 radical (unpaired) electrons. The fourth-order valence-electron chi connectivity index (χ4n) is 4.37. The lowest BCUT2D eigenvalue weighted by Gasteiger charge is -2.50. The molecule has 2 fully saturated rings. The summed E-state index contributed by atoms with van der Waals surface area (Å²) >= 11 is 0. The van der Waals surface area contributed by atoms with Crippen LogP contribution in [-0.2, 0) is 14.3 Å². The molecule has 0 saturated carbocycles. The summed E-state index contributed by atoms with van der Waals surface area (Å²) in [5, 5.41) is 8.12. The molecule has 1 N–H and O–H groups in total. The number of hydrogen-bond acceptors (Lipinski definition) is 5. The topological polar surface area (TPSA) is 89.0 Å². The van der Waals surface area contributed by atoms with Crippen LogP contribution in [0.1, 0.15) is 36.5 Å². The van der Waals surface area contributed by atoms with Crippen LogP contribution in [0.2, 0.25) is 0 Å². The van der Waals surface area contributed by atoms with E-state index in [0.29, 0.717) is 19.8 Å². The molecule has 0 bridgehead atoms. The Morgan fingerprint density at radius 2 is 2.09 bits per heavy atom. The van der Waals surface area contributed by atoms with Crippen molar-refractivity contribution in [2.45, 2.75) is 38.5 Å². The molecule has 0 spiro atoms. The number of benzene rings is 1. The second-order valence-corrected chi connectivity index (χ2v) is 8.19. The molecular formula is C23H27F3N2O5. The maximum Gasteiger partial charge on any atom is 0.490 e. The van der Waals surface area contributed by atoms with Gasteiger partial charge in [0.2, 0.25) is 0 Å². The van der Waals surface area contributed by atoms with Gasteiger partial charge in [-0.3, -0.25) is 9.78 Å². The highest BCUT2D eigenvalue weighted by molar-refractivity contribution is 5.98. The van der Waals surface area contributed by atoms with Crippen molar-refractivity contribution in [1.29, 1.82) is 0 Å². The molecule has 10 heteroatoms.